The molecule has 0 radical (unpaired) electrons. The van der Waals surface area contributed by atoms with Crippen LogP contribution in [-0.4, -0.2) is 24.7 Å². The molecule has 3 N–H and O–H groups in total. The van der Waals surface area contributed by atoms with Gasteiger partial charge in [-0.1, -0.05) is 6.07 Å². The predicted molar refractivity (Wildman–Crippen MR) is 96.2 cm³/mol. The smallest absolute Gasteiger partial charge is 0.191 e. The molecular formula is C14H20IN3O2S. The highest BCUT2D eigenvalue weighted by Gasteiger charge is 2.24. The van der Waals surface area contributed by atoms with E-state index in [1.807, 2.05) is 23.6 Å². The molecule has 1 unspecified atom stereocenters. The third-order valence-electron chi connectivity index (χ3n) is 2.92. The summed E-state index contributed by atoms with van der Waals surface area (Å²) >= 11 is 1.54. The number of nitrogens with one attached hydrogen (secondary N) is 2. The van der Waals surface area contributed by atoms with E-state index in [0.717, 1.165) is 10.4 Å². The Morgan fingerprint density at radius 3 is 2.81 bits per heavy atom. The standard InChI is InChI=1S/C14H19N3O2S.HI/c1-14(18,12-4-3-7-20-12)10-17-13(15-2)16-8-11-5-6-19-9-11;/h3-7,9,18H,8,10H2,1-2H3,(H2,15,16,17);1H. The van der Waals surface area contributed by atoms with Crippen molar-refractivity contribution in [1.29, 1.82) is 0 Å². The number of hydrogen-bond donors (Lipinski definition) is 3. The minimum atomic E-state index is -0.915. The lowest BCUT2D eigenvalue weighted by Crippen LogP contribution is -2.43. The molecule has 5 nitrogen and oxygen atoms in total. The molecule has 1 atom stereocenters. The summed E-state index contributed by atoms with van der Waals surface area (Å²) in [5.74, 6) is 0.642. The summed E-state index contributed by atoms with van der Waals surface area (Å²) in [5, 5.41) is 18.7. The topological polar surface area (TPSA) is 69.8 Å². The minimum Gasteiger partial charge on any atom is -0.472 e. The van der Waals surface area contributed by atoms with Crippen LogP contribution in [0.1, 0.15) is 17.4 Å². The summed E-state index contributed by atoms with van der Waals surface area (Å²) in [6.45, 7) is 2.80. The van der Waals surface area contributed by atoms with Gasteiger partial charge < -0.3 is 20.2 Å². The third-order valence-corrected chi connectivity index (χ3v) is 4.04. The van der Waals surface area contributed by atoms with E-state index in [9.17, 15) is 5.11 Å². The molecule has 0 aromatic carbocycles. The predicted octanol–water partition coefficient (Wildman–Crippen LogP) is 2.53. The minimum absolute atomic E-state index is 0. The van der Waals surface area contributed by atoms with Crippen LogP contribution in [0.2, 0.25) is 0 Å². The number of aliphatic imine (C=N–C) groups is 1. The van der Waals surface area contributed by atoms with Gasteiger partial charge >= 0.3 is 0 Å². The maximum Gasteiger partial charge on any atom is 0.191 e. The van der Waals surface area contributed by atoms with Crippen LogP contribution in [0.5, 0.6) is 0 Å². The summed E-state index contributed by atoms with van der Waals surface area (Å²) in [6.07, 6.45) is 3.32. The molecule has 0 saturated heterocycles. The van der Waals surface area contributed by atoms with Gasteiger partial charge in [0.25, 0.3) is 0 Å². The highest BCUT2D eigenvalue weighted by Crippen LogP contribution is 2.24. The average Bonchev–Trinajstić information content (AvgIpc) is 3.12. The zero-order valence-corrected chi connectivity index (χ0v) is 15.1. The third kappa shape index (κ3) is 5.33. The Labute approximate surface area is 145 Å². The average molecular weight is 421 g/mol. The molecule has 2 rings (SSSR count). The second-order valence-electron chi connectivity index (χ2n) is 4.66. The van der Waals surface area contributed by atoms with Gasteiger partial charge in [-0.25, -0.2) is 0 Å². The van der Waals surface area contributed by atoms with Gasteiger partial charge in [0.05, 0.1) is 19.1 Å². The molecule has 2 aromatic rings. The Kier molecular flexibility index (Phi) is 7.20. The van der Waals surface area contributed by atoms with E-state index in [0.29, 0.717) is 19.0 Å². The van der Waals surface area contributed by atoms with Crippen molar-refractivity contribution in [2.24, 2.45) is 4.99 Å². The lowest BCUT2D eigenvalue weighted by molar-refractivity contribution is 0.0655. The Morgan fingerprint density at radius 2 is 2.24 bits per heavy atom. The summed E-state index contributed by atoms with van der Waals surface area (Å²) in [7, 11) is 1.70. The normalized spacial score (nSPS) is 14.1. The van der Waals surface area contributed by atoms with Crippen LogP contribution >= 0.6 is 35.3 Å². The monoisotopic (exact) mass is 421 g/mol. The molecular weight excluding hydrogens is 401 g/mol. The van der Waals surface area contributed by atoms with E-state index in [4.69, 9.17) is 4.42 Å². The van der Waals surface area contributed by atoms with Crippen molar-refractivity contribution in [2.75, 3.05) is 13.6 Å². The highest BCUT2D eigenvalue weighted by molar-refractivity contribution is 14.0. The van der Waals surface area contributed by atoms with Crippen LogP contribution in [0.4, 0.5) is 0 Å². The Balaban J connectivity index is 0.00000220. The Bertz CT molecular complexity index is 539. The number of hydrogen-bond acceptors (Lipinski definition) is 4. The summed E-state index contributed by atoms with van der Waals surface area (Å²) in [5.41, 5.74) is 0.125. The number of guanidine groups is 1. The van der Waals surface area contributed by atoms with Crippen molar-refractivity contribution in [3.8, 4) is 0 Å². The van der Waals surface area contributed by atoms with Gasteiger partial charge in [0.2, 0.25) is 0 Å². The van der Waals surface area contributed by atoms with Gasteiger partial charge in [0.1, 0.15) is 5.60 Å². The van der Waals surface area contributed by atoms with Gasteiger partial charge in [-0.3, -0.25) is 4.99 Å². The molecule has 0 saturated carbocycles. The van der Waals surface area contributed by atoms with Crippen molar-refractivity contribution in [3.63, 3.8) is 0 Å². The quantitative estimate of drug-likeness (QED) is 0.394. The van der Waals surface area contributed by atoms with E-state index >= 15 is 0 Å². The molecule has 2 aromatic heterocycles. The number of thiophene rings is 1. The van der Waals surface area contributed by atoms with Crippen LogP contribution in [-0.2, 0) is 12.1 Å². The molecule has 7 heteroatoms. The Morgan fingerprint density at radius 1 is 1.43 bits per heavy atom. The molecule has 0 fully saturated rings. The maximum absolute atomic E-state index is 10.4. The van der Waals surface area contributed by atoms with E-state index in [1.165, 1.54) is 11.3 Å². The number of rotatable bonds is 5. The molecule has 2 heterocycles. The van der Waals surface area contributed by atoms with Crippen molar-refractivity contribution in [1.82, 2.24) is 10.6 Å². The number of nitrogens with zero attached hydrogens (tertiary/aromatic N) is 1. The molecule has 116 valence electrons. The molecule has 0 spiro atoms. The van der Waals surface area contributed by atoms with Crippen LogP contribution in [0, 0.1) is 0 Å². The number of halogens is 1. The first-order valence-corrected chi connectivity index (χ1v) is 7.22. The zero-order valence-electron chi connectivity index (χ0n) is 12.0. The van der Waals surface area contributed by atoms with Crippen LogP contribution < -0.4 is 10.6 Å². The summed E-state index contributed by atoms with van der Waals surface area (Å²) < 4.78 is 5.00. The first-order valence-electron chi connectivity index (χ1n) is 6.34. The van der Waals surface area contributed by atoms with Crippen LogP contribution in [0.15, 0.2) is 45.5 Å². The van der Waals surface area contributed by atoms with E-state index < -0.39 is 5.60 Å². The van der Waals surface area contributed by atoms with Gasteiger partial charge in [0.15, 0.2) is 5.96 Å². The number of aliphatic hydroxyl groups is 1. The van der Waals surface area contributed by atoms with Crippen molar-refractivity contribution < 1.29 is 9.52 Å². The van der Waals surface area contributed by atoms with Gasteiger partial charge in [-0.15, -0.1) is 35.3 Å². The molecule has 0 amide bonds. The SMILES string of the molecule is CN=C(NCc1ccoc1)NCC(C)(O)c1cccs1.I. The fraction of sp³-hybridized carbons (Fsp3) is 0.357. The summed E-state index contributed by atoms with van der Waals surface area (Å²) in [6, 6.07) is 5.75. The second-order valence-corrected chi connectivity index (χ2v) is 5.61. The van der Waals surface area contributed by atoms with Gasteiger partial charge in [0, 0.05) is 24.0 Å². The molecule has 21 heavy (non-hydrogen) atoms. The zero-order chi connectivity index (χ0) is 14.4. The van der Waals surface area contributed by atoms with Crippen LogP contribution in [0.25, 0.3) is 0 Å². The molecule has 0 aliphatic heterocycles. The molecule has 0 aliphatic carbocycles. The van der Waals surface area contributed by atoms with E-state index in [-0.39, 0.29) is 24.0 Å². The maximum atomic E-state index is 10.4. The van der Waals surface area contributed by atoms with Crippen molar-refractivity contribution in [3.05, 3.63) is 46.5 Å². The molecule has 0 aliphatic rings. The van der Waals surface area contributed by atoms with Crippen molar-refractivity contribution in [2.45, 2.75) is 19.1 Å². The highest BCUT2D eigenvalue weighted by atomic mass is 127. The van der Waals surface area contributed by atoms with Crippen LogP contribution in [0.3, 0.4) is 0 Å². The first-order chi connectivity index (χ1) is 9.62. The van der Waals surface area contributed by atoms with Crippen molar-refractivity contribution >= 4 is 41.3 Å². The van der Waals surface area contributed by atoms with Gasteiger partial charge in [-0.05, 0) is 24.4 Å². The fourth-order valence-corrected chi connectivity index (χ4v) is 2.51. The first kappa shape index (κ1) is 18.0. The molecule has 0 bridgehead atoms. The lowest BCUT2D eigenvalue weighted by Gasteiger charge is -2.23. The number of furan rings is 1. The largest absolute Gasteiger partial charge is 0.472 e. The Hall–Kier alpha value is -1.06. The lowest BCUT2D eigenvalue weighted by atomic mass is 10.1. The fourth-order valence-electron chi connectivity index (χ4n) is 1.73. The summed E-state index contributed by atoms with van der Waals surface area (Å²) in [4.78, 5) is 5.05. The second kappa shape index (κ2) is 8.40. The van der Waals surface area contributed by atoms with Gasteiger partial charge in [-0.2, -0.15) is 0 Å². The van der Waals surface area contributed by atoms with E-state index in [1.54, 1.807) is 26.5 Å². The van der Waals surface area contributed by atoms with E-state index in [2.05, 4.69) is 15.6 Å².